The second kappa shape index (κ2) is 6.79. The molecule has 2 atom stereocenters. The molecule has 20 heavy (non-hydrogen) atoms. The first-order valence-corrected chi connectivity index (χ1v) is 9.24. The fraction of sp³-hybridized carbons (Fsp3) is 1.00. The number of nitrogens with one attached hydrogen (secondary N) is 1. The van der Waals surface area contributed by atoms with Gasteiger partial charge < -0.3 is 5.32 Å². The van der Waals surface area contributed by atoms with Gasteiger partial charge in [-0.1, -0.05) is 33.1 Å². The van der Waals surface area contributed by atoms with Crippen LogP contribution in [0.25, 0.3) is 0 Å². The Bertz CT molecular complexity index is 292. The third-order valence-electron chi connectivity index (χ3n) is 5.95. The summed E-state index contributed by atoms with van der Waals surface area (Å²) in [6.07, 6.45) is 12.9. The van der Waals surface area contributed by atoms with E-state index in [1.807, 2.05) is 0 Å². The number of likely N-dealkylation sites (tertiary alicyclic amines) is 1. The predicted octanol–water partition coefficient (Wildman–Crippen LogP) is 3.81. The maximum absolute atomic E-state index is 4.01. The molecule has 0 aromatic rings. The molecular formula is C18H34N2. The Morgan fingerprint density at radius 2 is 1.75 bits per heavy atom. The smallest absolute Gasteiger partial charge is 0.0200 e. The van der Waals surface area contributed by atoms with Gasteiger partial charge in [-0.05, 0) is 50.4 Å². The van der Waals surface area contributed by atoms with Gasteiger partial charge in [-0.3, -0.25) is 4.90 Å². The average molecular weight is 278 g/mol. The molecule has 116 valence electrons. The second-order valence-corrected chi connectivity index (χ2v) is 7.92. The zero-order chi connectivity index (χ0) is 13.9. The molecule has 0 bridgehead atoms. The van der Waals surface area contributed by atoms with Gasteiger partial charge >= 0.3 is 0 Å². The summed E-state index contributed by atoms with van der Waals surface area (Å²) in [6.45, 7) is 7.48. The minimum absolute atomic E-state index is 0.777. The van der Waals surface area contributed by atoms with Crippen LogP contribution in [0.2, 0.25) is 0 Å². The lowest BCUT2D eigenvalue weighted by molar-refractivity contribution is 0.0298. The molecule has 0 radical (unpaired) electrons. The van der Waals surface area contributed by atoms with Crippen molar-refractivity contribution in [3.8, 4) is 0 Å². The van der Waals surface area contributed by atoms with Crippen LogP contribution in [0.4, 0.5) is 0 Å². The van der Waals surface area contributed by atoms with Gasteiger partial charge in [0.25, 0.3) is 0 Å². The van der Waals surface area contributed by atoms with Crippen molar-refractivity contribution < 1.29 is 0 Å². The number of nitrogens with zero attached hydrogens (tertiary/aromatic N) is 1. The highest BCUT2D eigenvalue weighted by molar-refractivity contribution is 4.93. The highest BCUT2D eigenvalue weighted by Crippen LogP contribution is 2.35. The van der Waals surface area contributed by atoms with Crippen LogP contribution in [0.5, 0.6) is 0 Å². The standard InChI is InChI=1S/C18H34N2/c1-3-6-15-11-17(19-16-7-4-5-8-16)13-20(12-15)18-9-14(2)10-18/h14-19H,3-13H2,1-2H3. The van der Waals surface area contributed by atoms with Crippen molar-refractivity contribution in [3.05, 3.63) is 0 Å². The summed E-state index contributed by atoms with van der Waals surface area (Å²) in [6, 6.07) is 2.53. The molecule has 1 heterocycles. The Morgan fingerprint density at radius 1 is 1.00 bits per heavy atom. The summed E-state index contributed by atoms with van der Waals surface area (Å²) in [5.74, 6) is 1.93. The maximum Gasteiger partial charge on any atom is 0.0200 e. The van der Waals surface area contributed by atoms with E-state index in [2.05, 4.69) is 24.1 Å². The van der Waals surface area contributed by atoms with E-state index < -0.39 is 0 Å². The maximum atomic E-state index is 4.01. The van der Waals surface area contributed by atoms with Crippen LogP contribution in [-0.4, -0.2) is 36.1 Å². The molecule has 3 fully saturated rings. The minimum Gasteiger partial charge on any atom is -0.310 e. The van der Waals surface area contributed by atoms with Crippen LogP contribution in [-0.2, 0) is 0 Å². The summed E-state index contributed by atoms with van der Waals surface area (Å²) in [7, 11) is 0. The summed E-state index contributed by atoms with van der Waals surface area (Å²) in [5.41, 5.74) is 0. The highest BCUT2D eigenvalue weighted by Gasteiger charge is 2.36. The number of hydrogen-bond donors (Lipinski definition) is 1. The van der Waals surface area contributed by atoms with E-state index >= 15 is 0 Å². The molecule has 2 saturated carbocycles. The third-order valence-corrected chi connectivity index (χ3v) is 5.95. The molecule has 2 unspecified atom stereocenters. The molecule has 2 aliphatic carbocycles. The van der Waals surface area contributed by atoms with Crippen molar-refractivity contribution in [2.75, 3.05) is 13.1 Å². The topological polar surface area (TPSA) is 15.3 Å². The quantitative estimate of drug-likeness (QED) is 0.822. The zero-order valence-electron chi connectivity index (χ0n) is 13.6. The van der Waals surface area contributed by atoms with Gasteiger partial charge in [0.2, 0.25) is 0 Å². The van der Waals surface area contributed by atoms with Gasteiger partial charge in [0.15, 0.2) is 0 Å². The molecular weight excluding hydrogens is 244 g/mol. The summed E-state index contributed by atoms with van der Waals surface area (Å²) in [5, 5.41) is 4.01. The van der Waals surface area contributed by atoms with E-state index in [4.69, 9.17) is 0 Å². The Labute approximate surface area is 125 Å². The van der Waals surface area contributed by atoms with E-state index in [1.165, 1.54) is 70.9 Å². The molecule has 0 aromatic heterocycles. The molecule has 2 nitrogen and oxygen atoms in total. The van der Waals surface area contributed by atoms with Crippen LogP contribution < -0.4 is 5.32 Å². The molecule has 3 rings (SSSR count). The summed E-state index contributed by atoms with van der Waals surface area (Å²) >= 11 is 0. The minimum atomic E-state index is 0.777. The SMILES string of the molecule is CCCC1CC(NC2CCCC2)CN(C2CC(C)C2)C1. The van der Waals surface area contributed by atoms with Crippen molar-refractivity contribution in [2.24, 2.45) is 11.8 Å². The van der Waals surface area contributed by atoms with Crippen LogP contribution >= 0.6 is 0 Å². The number of rotatable bonds is 5. The first-order valence-electron chi connectivity index (χ1n) is 9.24. The monoisotopic (exact) mass is 278 g/mol. The van der Waals surface area contributed by atoms with Crippen LogP contribution in [0.1, 0.15) is 71.6 Å². The van der Waals surface area contributed by atoms with Crippen LogP contribution in [0.15, 0.2) is 0 Å². The molecule has 3 aliphatic rings. The van der Waals surface area contributed by atoms with Gasteiger partial charge in [0.1, 0.15) is 0 Å². The Balaban J connectivity index is 1.54. The lowest BCUT2D eigenvalue weighted by atomic mass is 9.78. The van der Waals surface area contributed by atoms with E-state index in [9.17, 15) is 0 Å². The third kappa shape index (κ3) is 3.57. The first kappa shape index (κ1) is 14.8. The van der Waals surface area contributed by atoms with Crippen LogP contribution in [0, 0.1) is 11.8 Å². The Kier molecular flexibility index (Phi) is 5.04. The molecule has 1 saturated heterocycles. The molecule has 1 aliphatic heterocycles. The first-order chi connectivity index (χ1) is 9.74. The van der Waals surface area contributed by atoms with E-state index in [-0.39, 0.29) is 0 Å². The predicted molar refractivity (Wildman–Crippen MR) is 86.0 cm³/mol. The van der Waals surface area contributed by atoms with Gasteiger partial charge in [-0.15, -0.1) is 0 Å². The van der Waals surface area contributed by atoms with Crippen molar-refractivity contribution in [1.82, 2.24) is 10.2 Å². The fourth-order valence-corrected chi connectivity index (χ4v) is 4.86. The highest BCUT2D eigenvalue weighted by atomic mass is 15.2. The van der Waals surface area contributed by atoms with Gasteiger partial charge in [-0.2, -0.15) is 0 Å². The van der Waals surface area contributed by atoms with Crippen molar-refractivity contribution >= 4 is 0 Å². The summed E-state index contributed by atoms with van der Waals surface area (Å²) < 4.78 is 0. The fourth-order valence-electron chi connectivity index (χ4n) is 4.86. The molecule has 0 spiro atoms. The lowest BCUT2D eigenvalue weighted by Gasteiger charge is -2.48. The van der Waals surface area contributed by atoms with E-state index in [1.54, 1.807) is 0 Å². The van der Waals surface area contributed by atoms with Crippen LogP contribution in [0.3, 0.4) is 0 Å². The largest absolute Gasteiger partial charge is 0.310 e. The van der Waals surface area contributed by atoms with E-state index in [0.29, 0.717) is 0 Å². The molecule has 2 heteroatoms. The van der Waals surface area contributed by atoms with Crippen molar-refractivity contribution in [3.63, 3.8) is 0 Å². The van der Waals surface area contributed by atoms with Gasteiger partial charge in [-0.25, -0.2) is 0 Å². The molecule has 0 aromatic carbocycles. The van der Waals surface area contributed by atoms with Crippen molar-refractivity contribution in [2.45, 2.75) is 89.8 Å². The van der Waals surface area contributed by atoms with Gasteiger partial charge in [0.05, 0.1) is 0 Å². The van der Waals surface area contributed by atoms with Crippen molar-refractivity contribution in [1.29, 1.82) is 0 Å². The average Bonchev–Trinajstić information content (AvgIpc) is 2.88. The zero-order valence-corrected chi connectivity index (χ0v) is 13.6. The Hall–Kier alpha value is -0.0800. The van der Waals surface area contributed by atoms with Gasteiger partial charge in [0, 0.05) is 31.2 Å². The molecule has 1 N–H and O–H groups in total. The molecule has 0 amide bonds. The lowest BCUT2D eigenvalue weighted by Crippen LogP contribution is -2.56. The van der Waals surface area contributed by atoms with E-state index in [0.717, 1.165) is 30.0 Å². The second-order valence-electron chi connectivity index (χ2n) is 7.92. The summed E-state index contributed by atoms with van der Waals surface area (Å²) in [4.78, 5) is 2.84. The Morgan fingerprint density at radius 3 is 2.40 bits per heavy atom. The normalized spacial score (nSPS) is 39.9. The number of piperidine rings is 1. The number of hydrogen-bond acceptors (Lipinski definition) is 2.